The topological polar surface area (TPSA) is 80.7 Å². The van der Waals surface area contributed by atoms with Crippen molar-refractivity contribution in [2.24, 2.45) is 0 Å². The zero-order valence-corrected chi connectivity index (χ0v) is 24.3. The number of ether oxygens (including phenoxy) is 2. The van der Waals surface area contributed by atoms with Crippen LogP contribution in [-0.4, -0.2) is 52.4 Å². The van der Waals surface area contributed by atoms with E-state index < -0.39 is 0 Å². The number of piperidine rings is 1. The Kier molecular flexibility index (Phi) is 9.12. The van der Waals surface area contributed by atoms with Crippen molar-refractivity contribution in [2.75, 3.05) is 25.5 Å². The Hall–Kier alpha value is -2.88. The third-order valence-electron chi connectivity index (χ3n) is 6.65. The smallest absolute Gasteiger partial charge is 0.268 e. The van der Waals surface area contributed by atoms with Crippen LogP contribution in [0.1, 0.15) is 74.0 Å². The van der Waals surface area contributed by atoms with Gasteiger partial charge in [0.2, 0.25) is 5.95 Å². The van der Waals surface area contributed by atoms with E-state index in [9.17, 15) is 4.79 Å². The summed E-state index contributed by atoms with van der Waals surface area (Å²) in [5.41, 5.74) is 3.28. The molecular formula is C29H41N5O3S. The molecule has 1 unspecified atom stereocenters. The van der Waals surface area contributed by atoms with Crippen molar-refractivity contribution in [1.29, 1.82) is 0 Å². The molecule has 0 spiro atoms. The van der Waals surface area contributed by atoms with E-state index in [2.05, 4.69) is 45.2 Å². The predicted octanol–water partition coefficient (Wildman–Crippen LogP) is 6.05. The fourth-order valence-electron chi connectivity index (χ4n) is 4.40. The molecule has 5 rings (SSSR count). The predicted molar refractivity (Wildman–Crippen MR) is 155 cm³/mol. The fourth-order valence-corrected chi connectivity index (χ4v) is 5.26. The number of thiophene rings is 1. The molecule has 206 valence electrons. The summed E-state index contributed by atoms with van der Waals surface area (Å²) in [6, 6.07) is 10.2. The van der Waals surface area contributed by atoms with E-state index in [-0.39, 0.29) is 17.7 Å². The maximum Gasteiger partial charge on any atom is 0.268 e. The third kappa shape index (κ3) is 7.15. The summed E-state index contributed by atoms with van der Waals surface area (Å²) in [5, 5.41) is 6.13. The lowest BCUT2D eigenvalue weighted by Gasteiger charge is -2.26. The Morgan fingerprint density at radius 1 is 1.21 bits per heavy atom. The van der Waals surface area contributed by atoms with E-state index in [0.717, 1.165) is 34.8 Å². The number of rotatable bonds is 6. The summed E-state index contributed by atoms with van der Waals surface area (Å²) >= 11 is 1.41. The van der Waals surface area contributed by atoms with Crippen LogP contribution in [0.4, 0.5) is 5.95 Å². The minimum Gasteiger partial charge on any atom is -0.468 e. The Morgan fingerprint density at radius 2 is 1.95 bits per heavy atom. The Morgan fingerprint density at radius 3 is 2.58 bits per heavy atom. The number of anilines is 1. The second-order valence-electron chi connectivity index (χ2n) is 10.7. The number of aryl methyl sites for hydroxylation is 1. The second kappa shape index (κ2) is 12.3. The van der Waals surface area contributed by atoms with Crippen molar-refractivity contribution in [3.05, 3.63) is 51.8 Å². The van der Waals surface area contributed by atoms with Crippen LogP contribution in [-0.2, 0) is 22.6 Å². The minimum atomic E-state index is -0.153. The van der Waals surface area contributed by atoms with Crippen LogP contribution in [0.5, 0.6) is 0 Å². The average molecular weight is 540 g/mol. The summed E-state index contributed by atoms with van der Waals surface area (Å²) in [4.78, 5) is 21.8. The molecule has 0 aliphatic carbocycles. The summed E-state index contributed by atoms with van der Waals surface area (Å²) in [7, 11) is 1.71. The average Bonchev–Trinajstić information content (AvgIpc) is 3.62. The molecule has 1 atom stereocenters. The SMILES string of the molecule is CCn1c(NC(=O)c2ccc(C3=CNC(C)O3)s2)nc2cc(CN3CCCCC3)ccc21.COC(C)(C)C. The van der Waals surface area contributed by atoms with Gasteiger partial charge in [0.25, 0.3) is 5.91 Å². The normalized spacial score (nSPS) is 17.8. The van der Waals surface area contributed by atoms with Crippen molar-refractivity contribution in [2.45, 2.75) is 78.8 Å². The van der Waals surface area contributed by atoms with Crippen LogP contribution >= 0.6 is 11.3 Å². The van der Waals surface area contributed by atoms with Gasteiger partial charge >= 0.3 is 0 Å². The molecule has 1 aromatic carbocycles. The molecule has 0 bridgehead atoms. The monoisotopic (exact) mass is 539 g/mol. The van der Waals surface area contributed by atoms with Gasteiger partial charge in [0.1, 0.15) is 0 Å². The van der Waals surface area contributed by atoms with Gasteiger partial charge in [-0.3, -0.25) is 15.0 Å². The molecule has 2 aliphatic heterocycles. The molecule has 9 heteroatoms. The van der Waals surface area contributed by atoms with Crippen LogP contribution in [0.15, 0.2) is 36.5 Å². The van der Waals surface area contributed by atoms with Gasteiger partial charge in [-0.2, -0.15) is 0 Å². The highest BCUT2D eigenvalue weighted by atomic mass is 32.1. The van der Waals surface area contributed by atoms with Crippen LogP contribution in [0.25, 0.3) is 16.8 Å². The number of carbonyl (C=O) groups excluding carboxylic acids is 1. The summed E-state index contributed by atoms with van der Waals surface area (Å²) in [6.45, 7) is 14.1. The molecule has 4 heterocycles. The van der Waals surface area contributed by atoms with Crippen LogP contribution in [0, 0.1) is 0 Å². The standard InChI is InChI=1S/C24H29N5O2S.C5H12O/c1-3-29-19-8-7-17(15-28-11-5-4-6-12-28)13-18(19)26-24(29)27-23(30)22-10-9-21(32-22)20-14-25-16(2)31-20;1-5(2,3)6-4/h7-10,13-14,16,25H,3-6,11-12,15H2,1-2H3,(H,26,27,30);1-4H3. The molecule has 1 saturated heterocycles. The van der Waals surface area contributed by atoms with E-state index in [4.69, 9.17) is 14.5 Å². The highest BCUT2D eigenvalue weighted by Gasteiger charge is 2.20. The van der Waals surface area contributed by atoms with Crippen molar-refractivity contribution < 1.29 is 14.3 Å². The van der Waals surface area contributed by atoms with E-state index in [0.29, 0.717) is 10.8 Å². The molecule has 2 aromatic heterocycles. The molecule has 8 nitrogen and oxygen atoms in total. The van der Waals surface area contributed by atoms with Crippen LogP contribution in [0.2, 0.25) is 0 Å². The Labute approximate surface area is 230 Å². The van der Waals surface area contributed by atoms with Gasteiger partial charge < -0.3 is 19.4 Å². The number of hydrogen-bond acceptors (Lipinski definition) is 7. The van der Waals surface area contributed by atoms with Gasteiger partial charge in [0.05, 0.1) is 26.4 Å². The van der Waals surface area contributed by atoms with E-state index in [1.807, 2.05) is 46.0 Å². The Balaban J connectivity index is 0.000000505. The zero-order valence-electron chi connectivity index (χ0n) is 23.5. The number of likely N-dealkylation sites (tertiary alicyclic amines) is 1. The first-order valence-corrected chi connectivity index (χ1v) is 14.3. The number of nitrogens with one attached hydrogen (secondary N) is 2. The molecule has 2 aliphatic rings. The quantitative estimate of drug-likeness (QED) is 0.397. The van der Waals surface area contributed by atoms with Gasteiger partial charge in [0.15, 0.2) is 12.0 Å². The van der Waals surface area contributed by atoms with Gasteiger partial charge in [-0.15, -0.1) is 11.3 Å². The second-order valence-corrected chi connectivity index (χ2v) is 11.8. The lowest BCUT2D eigenvalue weighted by Crippen LogP contribution is -2.29. The fraction of sp³-hybridized carbons (Fsp3) is 0.517. The van der Waals surface area contributed by atoms with Crippen molar-refractivity contribution >= 4 is 40.0 Å². The van der Waals surface area contributed by atoms with Crippen LogP contribution in [0.3, 0.4) is 0 Å². The number of amides is 1. The first-order valence-electron chi connectivity index (χ1n) is 13.5. The molecule has 1 fully saturated rings. The lowest BCUT2D eigenvalue weighted by atomic mass is 10.1. The van der Waals surface area contributed by atoms with Crippen molar-refractivity contribution in [3.63, 3.8) is 0 Å². The summed E-state index contributed by atoms with van der Waals surface area (Å²) < 4.78 is 12.7. The zero-order chi connectivity index (χ0) is 27.3. The number of carbonyl (C=O) groups is 1. The first-order chi connectivity index (χ1) is 18.2. The third-order valence-corrected chi connectivity index (χ3v) is 7.75. The number of benzene rings is 1. The van der Waals surface area contributed by atoms with E-state index in [1.165, 1.54) is 49.3 Å². The number of aromatic nitrogens is 2. The summed E-state index contributed by atoms with van der Waals surface area (Å²) in [5.74, 6) is 1.20. The molecule has 1 amide bonds. The molecule has 3 aromatic rings. The molecular weight excluding hydrogens is 498 g/mol. The number of hydrogen-bond donors (Lipinski definition) is 2. The maximum absolute atomic E-state index is 12.9. The lowest BCUT2D eigenvalue weighted by molar-refractivity contribution is 0.0397. The highest BCUT2D eigenvalue weighted by Crippen LogP contribution is 2.29. The van der Waals surface area contributed by atoms with Gasteiger partial charge in [-0.25, -0.2) is 4.98 Å². The number of methoxy groups -OCH3 is 1. The highest BCUT2D eigenvalue weighted by molar-refractivity contribution is 7.15. The first kappa shape index (κ1) is 28.1. The van der Waals surface area contributed by atoms with Crippen LogP contribution < -0.4 is 10.6 Å². The molecule has 2 N–H and O–H groups in total. The van der Waals surface area contributed by atoms with E-state index in [1.54, 1.807) is 7.11 Å². The molecule has 0 saturated carbocycles. The largest absolute Gasteiger partial charge is 0.468 e. The minimum absolute atomic E-state index is 0.0417. The van der Waals surface area contributed by atoms with Gasteiger partial charge in [-0.1, -0.05) is 12.5 Å². The van der Waals surface area contributed by atoms with E-state index >= 15 is 0 Å². The number of imidazole rings is 1. The van der Waals surface area contributed by atoms with Crippen molar-refractivity contribution in [3.8, 4) is 0 Å². The summed E-state index contributed by atoms with van der Waals surface area (Å²) in [6.07, 6.45) is 5.70. The van der Waals surface area contributed by atoms with Gasteiger partial charge in [-0.05, 0) is 90.4 Å². The van der Waals surface area contributed by atoms with Gasteiger partial charge in [0, 0.05) is 26.4 Å². The number of nitrogens with zero attached hydrogens (tertiary/aromatic N) is 3. The Bertz CT molecular complexity index is 1270. The molecule has 38 heavy (non-hydrogen) atoms. The number of fused-ring (bicyclic) bond motifs is 1. The van der Waals surface area contributed by atoms with Crippen molar-refractivity contribution in [1.82, 2.24) is 19.8 Å². The molecule has 0 radical (unpaired) electrons. The maximum atomic E-state index is 12.9.